The van der Waals surface area contributed by atoms with Crippen molar-refractivity contribution in [2.75, 3.05) is 6.61 Å². The molecule has 37 heavy (non-hydrogen) atoms. The van der Waals surface area contributed by atoms with Crippen LogP contribution in [0.2, 0.25) is 0 Å². The van der Waals surface area contributed by atoms with Crippen molar-refractivity contribution in [3.05, 3.63) is 71.2 Å². The Balaban J connectivity index is 1.63. The van der Waals surface area contributed by atoms with Crippen molar-refractivity contribution in [2.45, 2.75) is 50.1 Å². The van der Waals surface area contributed by atoms with Crippen LogP contribution in [0.3, 0.4) is 0 Å². The molecule has 1 saturated heterocycles. The maximum atomic E-state index is 13.7. The van der Waals surface area contributed by atoms with Gasteiger partial charge >= 0.3 is 5.97 Å². The van der Waals surface area contributed by atoms with Crippen molar-refractivity contribution < 1.29 is 47.9 Å². The number of benzene rings is 2. The lowest BCUT2D eigenvalue weighted by molar-refractivity contribution is -0.238. The highest BCUT2D eigenvalue weighted by Gasteiger charge is 2.50. The molecule has 0 bridgehead atoms. The van der Waals surface area contributed by atoms with E-state index in [0.29, 0.717) is 17.7 Å². The number of ether oxygens (including phenoxy) is 2. The summed E-state index contributed by atoms with van der Waals surface area (Å²) in [6.07, 6.45) is -6.78. The lowest BCUT2D eigenvalue weighted by atomic mass is 9.90. The molecule has 0 aliphatic carbocycles. The average molecular weight is 523 g/mol. The summed E-state index contributed by atoms with van der Waals surface area (Å²) >= 11 is 0. The topological polar surface area (TPSA) is 147 Å². The lowest BCUT2D eigenvalue weighted by Gasteiger charge is -2.43. The first-order chi connectivity index (χ1) is 17.6. The highest BCUT2D eigenvalue weighted by molar-refractivity contribution is 5.73. The van der Waals surface area contributed by atoms with Crippen LogP contribution in [0.25, 0.3) is 11.3 Å². The second-order valence-electron chi connectivity index (χ2n) is 8.63. The van der Waals surface area contributed by atoms with Crippen molar-refractivity contribution in [1.29, 1.82) is 0 Å². The van der Waals surface area contributed by atoms with Gasteiger partial charge in [0.2, 0.25) is 0 Å². The Bertz CT molecular complexity index is 1250. The fraction of sp³-hybridized carbons (Fsp3) is 0.375. The smallest absolute Gasteiger partial charge is 0.335 e. The third kappa shape index (κ3) is 5.36. The van der Waals surface area contributed by atoms with E-state index in [1.807, 2.05) is 13.0 Å². The van der Waals surface area contributed by atoms with E-state index in [1.165, 1.54) is 0 Å². The molecule has 0 saturated carbocycles. The first kappa shape index (κ1) is 26.7. The minimum Gasteiger partial charge on any atom is -0.479 e. The largest absolute Gasteiger partial charge is 0.479 e. The second kappa shape index (κ2) is 10.9. The van der Waals surface area contributed by atoms with E-state index < -0.39 is 66.6 Å². The van der Waals surface area contributed by atoms with Crippen LogP contribution in [0.5, 0.6) is 0 Å². The molecule has 4 N–H and O–H groups in total. The molecular formula is C24H24F3N3O7. The van der Waals surface area contributed by atoms with E-state index in [9.17, 15) is 38.4 Å². The Morgan fingerprint density at radius 2 is 1.84 bits per heavy atom. The highest BCUT2D eigenvalue weighted by Crippen LogP contribution is 2.33. The van der Waals surface area contributed by atoms with Crippen molar-refractivity contribution >= 4 is 5.97 Å². The molecule has 1 aliphatic heterocycles. The van der Waals surface area contributed by atoms with Gasteiger partial charge in [-0.15, -0.1) is 5.10 Å². The van der Waals surface area contributed by atoms with Crippen LogP contribution in [-0.2, 0) is 20.9 Å². The predicted octanol–water partition coefficient (Wildman–Crippen LogP) is 1.36. The van der Waals surface area contributed by atoms with E-state index >= 15 is 0 Å². The monoisotopic (exact) mass is 523 g/mol. The molecule has 4 rings (SSSR count). The summed E-state index contributed by atoms with van der Waals surface area (Å²) in [5.41, 5.74) is 1.27. The number of aliphatic hydroxyl groups is 3. The van der Waals surface area contributed by atoms with Gasteiger partial charge in [-0.25, -0.2) is 22.6 Å². The molecule has 10 nitrogen and oxygen atoms in total. The fourth-order valence-corrected chi connectivity index (χ4v) is 4.21. The van der Waals surface area contributed by atoms with Crippen LogP contribution in [0, 0.1) is 24.4 Å². The summed E-state index contributed by atoms with van der Waals surface area (Å²) in [5, 5.41) is 49.0. The molecule has 3 aromatic rings. The molecule has 6 atom stereocenters. The number of aryl methyl sites for hydroxylation is 1. The maximum Gasteiger partial charge on any atom is 0.335 e. The van der Waals surface area contributed by atoms with E-state index in [1.54, 1.807) is 18.2 Å². The van der Waals surface area contributed by atoms with Crippen molar-refractivity contribution in [2.24, 2.45) is 0 Å². The number of nitrogens with zero attached hydrogens (tertiary/aromatic N) is 3. The fourth-order valence-electron chi connectivity index (χ4n) is 4.21. The predicted molar refractivity (Wildman–Crippen MR) is 120 cm³/mol. The van der Waals surface area contributed by atoms with Crippen LogP contribution in [0.4, 0.5) is 13.2 Å². The molecule has 13 heteroatoms. The summed E-state index contributed by atoms with van der Waals surface area (Å²) < 4.78 is 52.8. The van der Waals surface area contributed by atoms with Crippen LogP contribution in [0.15, 0.2) is 42.6 Å². The van der Waals surface area contributed by atoms with Gasteiger partial charge in [0.15, 0.2) is 23.6 Å². The Morgan fingerprint density at radius 1 is 1.16 bits per heavy atom. The zero-order valence-electron chi connectivity index (χ0n) is 19.4. The van der Waals surface area contributed by atoms with Crippen LogP contribution in [0.1, 0.15) is 17.2 Å². The lowest BCUT2D eigenvalue weighted by Crippen LogP contribution is -2.60. The van der Waals surface area contributed by atoms with Crippen LogP contribution < -0.4 is 0 Å². The van der Waals surface area contributed by atoms with Gasteiger partial charge in [-0.3, -0.25) is 0 Å². The third-order valence-electron chi connectivity index (χ3n) is 6.25. The summed E-state index contributed by atoms with van der Waals surface area (Å²) in [6, 6.07) is 7.12. The molecule has 2 aromatic carbocycles. The number of rotatable bonds is 8. The van der Waals surface area contributed by atoms with Gasteiger partial charge in [-0.05, 0) is 30.2 Å². The summed E-state index contributed by atoms with van der Waals surface area (Å²) in [4.78, 5) is 12.1. The Morgan fingerprint density at radius 3 is 2.46 bits per heavy atom. The summed E-state index contributed by atoms with van der Waals surface area (Å²) in [5.74, 6) is -6.02. The average Bonchev–Trinajstić information content (AvgIpc) is 3.34. The number of hydrogen-bond donors (Lipinski definition) is 4. The molecule has 1 fully saturated rings. The number of hydrogen-bond acceptors (Lipinski definition) is 8. The van der Waals surface area contributed by atoms with Gasteiger partial charge in [-0.2, -0.15) is 0 Å². The van der Waals surface area contributed by atoms with Crippen molar-refractivity contribution in [3.8, 4) is 11.3 Å². The quantitative estimate of drug-likeness (QED) is 0.321. The maximum absolute atomic E-state index is 13.7. The van der Waals surface area contributed by atoms with E-state index in [2.05, 4.69) is 10.3 Å². The van der Waals surface area contributed by atoms with E-state index in [0.717, 1.165) is 16.4 Å². The number of carboxylic acids is 1. The van der Waals surface area contributed by atoms with Crippen LogP contribution >= 0.6 is 0 Å². The summed E-state index contributed by atoms with van der Waals surface area (Å²) in [6.45, 7) is 0.957. The second-order valence-corrected chi connectivity index (χ2v) is 8.63. The molecule has 1 aliphatic rings. The summed E-state index contributed by atoms with van der Waals surface area (Å²) in [7, 11) is 0. The molecule has 0 spiro atoms. The number of aliphatic hydroxyl groups excluding tert-OH is 3. The first-order valence-corrected chi connectivity index (χ1v) is 11.2. The van der Waals surface area contributed by atoms with E-state index in [-0.39, 0.29) is 17.9 Å². The van der Waals surface area contributed by atoms with Gasteiger partial charge < -0.3 is 29.9 Å². The SMILES string of the molecule is Cc1ccccc1CO[C@H](C(=O)O)[C@@H]1OC(CO)[C@H](O)C(n2cc(-c3cc(F)c(F)c(F)c3)nn2)C1O. The van der Waals surface area contributed by atoms with E-state index in [4.69, 9.17) is 9.47 Å². The van der Waals surface area contributed by atoms with Crippen molar-refractivity contribution in [3.63, 3.8) is 0 Å². The third-order valence-corrected chi connectivity index (χ3v) is 6.25. The number of aliphatic carboxylic acids is 1. The zero-order chi connectivity index (χ0) is 26.9. The molecule has 198 valence electrons. The molecule has 3 unspecified atom stereocenters. The molecular weight excluding hydrogens is 499 g/mol. The number of halogens is 3. The standard InChI is InChI=1S/C24H24F3N3O7/c1-11-4-2-3-5-12(11)10-36-23(24(34)35)22-21(33)19(20(32)17(9-31)37-22)30-8-16(28-29-30)13-6-14(25)18(27)15(26)7-13/h2-8,17,19-23,31-33H,9-10H2,1H3,(H,34,35)/t17?,19?,20-,21?,22+,23-/m0/s1. The van der Waals surface area contributed by atoms with Gasteiger partial charge in [0.1, 0.15) is 36.2 Å². The minimum atomic E-state index is -1.73. The minimum absolute atomic E-state index is 0.119. The normalized spacial score (nSPS) is 24.7. The van der Waals surface area contributed by atoms with Crippen molar-refractivity contribution in [1.82, 2.24) is 15.0 Å². The number of carbonyl (C=O) groups is 1. The van der Waals surface area contributed by atoms with Crippen LogP contribution in [-0.4, -0.2) is 78.5 Å². The zero-order valence-corrected chi connectivity index (χ0v) is 19.4. The molecule has 0 radical (unpaired) electrons. The Hall–Kier alpha value is -3.36. The first-order valence-electron chi connectivity index (χ1n) is 11.2. The molecule has 1 aromatic heterocycles. The highest BCUT2D eigenvalue weighted by atomic mass is 19.2. The molecule has 0 amide bonds. The molecule has 2 heterocycles. The number of aromatic nitrogens is 3. The van der Waals surface area contributed by atoms with Gasteiger partial charge in [-0.1, -0.05) is 29.5 Å². The van der Waals surface area contributed by atoms with Gasteiger partial charge in [0, 0.05) is 5.56 Å². The Labute approximate surface area is 208 Å². The Kier molecular flexibility index (Phi) is 7.90. The van der Waals surface area contributed by atoms with Gasteiger partial charge in [0.25, 0.3) is 0 Å². The number of carboxylic acid groups (broad SMARTS) is 1. The van der Waals surface area contributed by atoms with Gasteiger partial charge in [0.05, 0.1) is 19.4 Å².